The summed E-state index contributed by atoms with van der Waals surface area (Å²) in [5.74, 6) is 0.575. The van der Waals surface area contributed by atoms with Gasteiger partial charge in [-0.25, -0.2) is 0 Å². The normalized spacial score (nSPS) is 13.1. The lowest BCUT2D eigenvalue weighted by molar-refractivity contribution is 0.0990. The molecule has 0 atom stereocenters. The lowest BCUT2D eigenvalue weighted by Crippen LogP contribution is -2.01. The number of carbonyl (C=O) groups excluding carboxylic acids is 2. The maximum Gasteiger partial charge on any atom is 0.197 e. The molecule has 116 valence electrons. The highest BCUT2D eigenvalue weighted by Gasteiger charge is 2.32. The van der Waals surface area contributed by atoms with Crippen LogP contribution in [0.4, 0.5) is 0 Å². The maximum atomic E-state index is 12.4. The fourth-order valence-corrected chi connectivity index (χ4v) is 2.98. The molecule has 2 aromatic rings. The predicted molar refractivity (Wildman–Crippen MR) is 90.3 cm³/mol. The number of hydrogen-bond acceptors (Lipinski definition) is 4. The minimum Gasteiger partial charge on any atom is -0.493 e. The van der Waals surface area contributed by atoms with Gasteiger partial charge in [-0.15, -0.1) is 0 Å². The zero-order valence-corrected chi connectivity index (χ0v) is 14.1. The summed E-state index contributed by atoms with van der Waals surface area (Å²) in [5, 5.41) is 0. The molecule has 1 aliphatic rings. The van der Waals surface area contributed by atoms with E-state index in [-0.39, 0.29) is 17.1 Å². The average molecular weight is 373 g/mol. The van der Waals surface area contributed by atoms with Crippen LogP contribution in [0.1, 0.15) is 26.3 Å². The lowest BCUT2D eigenvalue weighted by Gasteiger charge is -2.10. The first-order valence-corrected chi connectivity index (χ1v) is 7.67. The summed E-state index contributed by atoms with van der Waals surface area (Å²) < 4.78 is 11.2. The van der Waals surface area contributed by atoms with Crippen LogP contribution in [-0.4, -0.2) is 25.8 Å². The van der Waals surface area contributed by atoms with E-state index in [1.807, 2.05) is 0 Å². The van der Waals surface area contributed by atoms with Crippen LogP contribution in [0.15, 0.2) is 46.4 Å². The van der Waals surface area contributed by atoms with Gasteiger partial charge in [-0.3, -0.25) is 9.59 Å². The van der Waals surface area contributed by atoms with E-state index in [0.29, 0.717) is 32.7 Å². The Morgan fingerprint density at radius 2 is 1.43 bits per heavy atom. The van der Waals surface area contributed by atoms with Crippen molar-refractivity contribution in [3.05, 3.63) is 63.1 Å². The van der Waals surface area contributed by atoms with Crippen LogP contribution in [0.25, 0.3) is 6.08 Å². The number of hydrogen-bond donors (Lipinski definition) is 0. The number of allylic oxidation sites excluding steroid dienone is 1. The van der Waals surface area contributed by atoms with Gasteiger partial charge in [0.15, 0.2) is 23.1 Å². The number of methoxy groups -OCH3 is 2. The molecule has 0 radical (unpaired) electrons. The van der Waals surface area contributed by atoms with Crippen LogP contribution in [0, 0.1) is 0 Å². The summed E-state index contributed by atoms with van der Waals surface area (Å²) in [7, 11) is 3.08. The van der Waals surface area contributed by atoms with Crippen molar-refractivity contribution in [3.8, 4) is 11.5 Å². The number of fused-ring (bicyclic) bond motifs is 1. The second-order valence-electron chi connectivity index (χ2n) is 4.99. The first-order valence-electron chi connectivity index (χ1n) is 6.88. The van der Waals surface area contributed by atoms with Gasteiger partial charge >= 0.3 is 0 Å². The molecule has 0 heterocycles. The van der Waals surface area contributed by atoms with Crippen molar-refractivity contribution in [1.29, 1.82) is 0 Å². The van der Waals surface area contributed by atoms with Gasteiger partial charge in [-0.05, 0) is 23.8 Å². The number of rotatable bonds is 3. The second kappa shape index (κ2) is 6.01. The summed E-state index contributed by atoms with van der Waals surface area (Å²) in [6.07, 6.45) is 1.58. The van der Waals surface area contributed by atoms with Crippen molar-refractivity contribution in [2.45, 2.75) is 0 Å². The van der Waals surface area contributed by atoms with Crippen molar-refractivity contribution < 1.29 is 19.1 Å². The second-order valence-corrected chi connectivity index (χ2v) is 5.84. The molecule has 0 fully saturated rings. The van der Waals surface area contributed by atoms with Crippen LogP contribution < -0.4 is 9.47 Å². The molecule has 4 nitrogen and oxygen atoms in total. The standard InChI is InChI=1S/C18H13BrO4/c1-22-15-8-10(14(19)9-16(15)23-2)7-13-17(20)11-5-3-4-6-12(11)18(13)21/h3-9H,1-2H3. The molecule has 0 bridgehead atoms. The molecular formula is C18H13BrO4. The molecule has 0 spiro atoms. The monoisotopic (exact) mass is 372 g/mol. The predicted octanol–water partition coefficient (Wildman–Crippen LogP) is 3.93. The first-order chi connectivity index (χ1) is 11.1. The SMILES string of the molecule is COc1cc(Br)c(C=C2C(=O)c3ccccc3C2=O)cc1OC. The average Bonchev–Trinajstić information content (AvgIpc) is 2.81. The topological polar surface area (TPSA) is 52.6 Å². The molecule has 0 aliphatic heterocycles. The smallest absolute Gasteiger partial charge is 0.197 e. The van der Waals surface area contributed by atoms with Gasteiger partial charge in [0, 0.05) is 15.6 Å². The van der Waals surface area contributed by atoms with Crippen LogP contribution >= 0.6 is 15.9 Å². The molecule has 0 saturated heterocycles. The highest BCUT2D eigenvalue weighted by atomic mass is 79.9. The fourth-order valence-electron chi connectivity index (χ4n) is 2.54. The molecule has 2 aromatic carbocycles. The molecule has 3 rings (SSSR count). The van der Waals surface area contributed by atoms with Crippen molar-refractivity contribution in [1.82, 2.24) is 0 Å². The minimum atomic E-state index is -0.257. The van der Waals surface area contributed by atoms with Gasteiger partial charge in [0.2, 0.25) is 0 Å². The summed E-state index contributed by atoms with van der Waals surface area (Å²) >= 11 is 3.43. The molecule has 0 N–H and O–H groups in total. The third-order valence-electron chi connectivity index (χ3n) is 3.71. The number of Topliss-reactive ketones (excluding diaryl/α,β-unsaturated/α-hetero) is 2. The third kappa shape index (κ3) is 2.57. The quantitative estimate of drug-likeness (QED) is 0.604. The third-order valence-corrected chi connectivity index (χ3v) is 4.40. The Morgan fingerprint density at radius 3 is 1.96 bits per heavy atom. The Bertz CT molecular complexity index is 815. The summed E-state index contributed by atoms with van der Waals surface area (Å²) in [4.78, 5) is 24.9. The van der Waals surface area contributed by atoms with E-state index < -0.39 is 0 Å². The molecular weight excluding hydrogens is 360 g/mol. The Morgan fingerprint density at radius 1 is 0.913 bits per heavy atom. The number of halogens is 1. The molecule has 5 heteroatoms. The van der Waals surface area contributed by atoms with Crippen LogP contribution in [0.3, 0.4) is 0 Å². The summed E-state index contributed by atoms with van der Waals surface area (Å²) in [5.41, 5.74) is 1.71. The van der Waals surface area contributed by atoms with Gasteiger partial charge in [0.25, 0.3) is 0 Å². The highest BCUT2D eigenvalue weighted by Crippen LogP contribution is 2.36. The number of ketones is 2. The van der Waals surface area contributed by atoms with E-state index in [0.717, 1.165) is 0 Å². The van der Waals surface area contributed by atoms with Gasteiger partial charge in [-0.1, -0.05) is 40.2 Å². The highest BCUT2D eigenvalue weighted by molar-refractivity contribution is 9.10. The van der Waals surface area contributed by atoms with Crippen molar-refractivity contribution in [2.75, 3.05) is 14.2 Å². The zero-order chi connectivity index (χ0) is 16.6. The van der Waals surface area contributed by atoms with Gasteiger partial charge in [-0.2, -0.15) is 0 Å². The van der Waals surface area contributed by atoms with E-state index in [1.165, 1.54) is 7.11 Å². The summed E-state index contributed by atoms with van der Waals surface area (Å²) in [6.45, 7) is 0. The molecule has 0 amide bonds. The van der Waals surface area contributed by atoms with Crippen molar-refractivity contribution in [3.63, 3.8) is 0 Å². The van der Waals surface area contributed by atoms with Crippen LogP contribution in [-0.2, 0) is 0 Å². The van der Waals surface area contributed by atoms with E-state index in [2.05, 4.69) is 15.9 Å². The Balaban J connectivity index is 2.10. The van der Waals surface area contributed by atoms with E-state index in [4.69, 9.17) is 9.47 Å². The van der Waals surface area contributed by atoms with E-state index >= 15 is 0 Å². The van der Waals surface area contributed by atoms with Crippen LogP contribution in [0.2, 0.25) is 0 Å². The zero-order valence-electron chi connectivity index (χ0n) is 12.6. The largest absolute Gasteiger partial charge is 0.493 e. The number of ether oxygens (including phenoxy) is 2. The number of carbonyl (C=O) groups is 2. The Kier molecular flexibility index (Phi) is 4.05. The molecule has 23 heavy (non-hydrogen) atoms. The Labute approximate surface area is 141 Å². The maximum absolute atomic E-state index is 12.4. The summed E-state index contributed by atoms with van der Waals surface area (Å²) in [6, 6.07) is 10.3. The van der Waals surface area contributed by atoms with E-state index in [1.54, 1.807) is 49.6 Å². The van der Waals surface area contributed by atoms with Crippen molar-refractivity contribution >= 4 is 33.6 Å². The number of benzene rings is 2. The van der Waals surface area contributed by atoms with Gasteiger partial charge < -0.3 is 9.47 Å². The van der Waals surface area contributed by atoms with Crippen molar-refractivity contribution in [2.24, 2.45) is 0 Å². The fraction of sp³-hybridized carbons (Fsp3) is 0.111. The minimum absolute atomic E-state index is 0.152. The molecule has 1 aliphatic carbocycles. The van der Waals surface area contributed by atoms with Crippen LogP contribution in [0.5, 0.6) is 11.5 Å². The lowest BCUT2D eigenvalue weighted by atomic mass is 10.1. The Hall–Kier alpha value is -2.40. The molecule has 0 unspecified atom stereocenters. The first kappa shape index (κ1) is 15.5. The van der Waals surface area contributed by atoms with E-state index in [9.17, 15) is 9.59 Å². The molecule has 0 saturated carbocycles. The van der Waals surface area contributed by atoms with Gasteiger partial charge in [0.05, 0.1) is 19.8 Å². The van der Waals surface area contributed by atoms with Gasteiger partial charge in [0.1, 0.15) is 0 Å². The molecule has 0 aromatic heterocycles.